The van der Waals surface area contributed by atoms with Crippen molar-refractivity contribution in [3.63, 3.8) is 0 Å². The molecule has 0 aliphatic heterocycles. The van der Waals surface area contributed by atoms with Gasteiger partial charge in [-0.15, -0.1) is 0 Å². The van der Waals surface area contributed by atoms with Crippen LogP contribution in [0.1, 0.15) is 117 Å². The average Bonchev–Trinajstić information content (AvgIpc) is 2.62. The summed E-state index contributed by atoms with van der Waals surface area (Å²) in [6.07, 6.45) is 20.4. The van der Waals surface area contributed by atoms with Gasteiger partial charge in [0.05, 0.1) is 6.61 Å². The third kappa shape index (κ3) is 17.3. The summed E-state index contributed by atoms with van der Waals surface area (Å²) in [5, 5.41) is 0. The van der Waals surface area contributed by atoms with Gasteiger partial charge in [0.15, 0.2) is 0 Å². The normalized spacial score (nSPS) is 15.0. The minimum absolute atomic E-state index is 0.561. The summed E-state index contributed by atoms with van der Waals surface area (Å²) >= 11 is 10.8. The molecule has 0 aromatic carbocycles. The molecule has 0 aromatic rings. The second kappa shape index (κ2) is 19.5. The van der Waals surface area contributed by atoms with Crippen molar-refractivity contribution in [1.29, 1.82) is 0 Å². The van der Waals surface area contributed by atoms with Crippen LogP contribution < -0.4 is 0 Å². The Hall–Kier alpha value is 1.14. The van der Waals surface area contributed by atoms with Crippen molar-refractivity contribution in [3.8, 4) is 0 Å². The van der Waals surface area contributed by atoms with Crippen molar-refractivity contribution < 1.29 is 9.42 Å². The summed E-state index contributed by atoms with van der Waals surface area (Å²) in [7, 11) is -0.561. The topological polar surface area (TPSA) is 29.5 Å². The van der Waals surface area contributed by atoms with Crippen LogP contribution in [-0.4, -0.2) is 17.3 Å². The van der Waals surface area contributed by atoms with E-state index in [9.17, 15) is 4.89 Å². The lowest BCUT2D eigenvalue weighted by Crippen LogP contribution is -2.02. The Bertz CT molecular complexity index is 378. The highest BCUT2D eigenvalue weighted by molar-refractivity contribution is 8.74. The maximum absolute atomic E-state index is 10.4. The van der Waals surface area contributed by atoms with Gasteiger partial charge in [-0.25, -0.2) is 0 Å². The van der Waals surface area contributed by atoms with Crippen LogP contribution in [0, 0.1) is 0 Å². The van der Waals surface area contributed by atoms with Crippen LogP contribution in [0.5, 0.6) is 0 Å². The number of unbranched alkanes of at least 4 members (excludes halogenated alkanes) is 14. The fraction of sp³-hybridized carbons (Fsp3) is 1.00. The summed E-state index contributed by atoms with van der Waals surface area (Å²) < 4.78 is 5.65. The molecule has 26 heavy (non-hydrogen) atoms. The first-order valence-corrected chi connectivity index (χ1v) is 16.5. The summed E-state index contributed by atoms with van der Waals surface area (Å²) in [4.78, 5) is 10.4. The summed E-state index contributed by atoms with van der Waals surface area (Å²) in [5.74, 6) is 0.857. The zero-order chi connectivity index (χ0) is 19.5. The van der Waals surface area contributed by atoms with Crippen molar-refractivity contribution in [1.82, 2.24) is 0 Å². The van der Waals surface area contributed by atoms with Gasteiger partial charge in [0.1, 0.15) is 0 Å². The lowest BCUT2D eigenvalue weighted by Gasteiger charge is -2.17. The summed E-state index contributed by atoms with van der Waals surface area (Å²) in [5.41, 5.74) is -2.75. The molecule has 0 aliphatic carbocycles. The van der Waals surface area contributed by atoms with Crippen LogP contribution in [0.25, 0.3) is 0 Å². The highest BCUT2D eigenvalue weighted by Gasteiger charge is 2.18. The molecule has 6 heteroatoms. The van der Waals surface area contributed by atoms with Gasteiger partial charge in [-0.05, 0) is 44.9 Å². The third-order valence-electron chi connectivity index (χ3n) is 4.68. The molecule has 0 heterocycles. The van der Waals surface area contributed by atoms with Gasteiger partial charge < -0.3 is 9.42 Å². The zero-order valence-electron chi connectivity index (χ0n) is 17.3. The van der Waals surface area contributed by atoms with E-state index in [2.05, 4.69) is 13.8 Å². The fourth-order valence-electron chi connectivity index (χ4n) is 2.95. The maximum Gasteiger partial charge on any atom is 0.248 e. The summed E-state index contributed by atoms with van der Waals surface area (Å²) in [6.45, 7) is 5.08. The number of rotatable bonds is 20. The molecule has 0 radical (unpaired) electrons. The van der Waals surface area contributed by atoms with E-state index < -0.39 is 14.8 Å². The highest BCUT2D eigenvalue weighted by Crippen LogP contribution is 2.47. The molecule has 0 spiro atoms. The smallest absolute Gasteiger partial charge is 0.248 e. The molecule has 158 valence electrons. The van der Waals surface area contributed by atoms with Crippen molar-refractivity contribution in [3.05, 3.63) is 0 Å². The quantitative estimate of drug-likeness (QED) is 0.155. The van der Waals surface area contributed by atoms with Crippen LogP contribution in [-0.2, 0) is 36.6 Å². The molecule has 2 nitrogen and oxygen atoms in total. The van der Waals surface area contributed by atoms with Gasteiger partial charge in [0.2, 0.25) is 5.69 Å². The molecule has 0 aliphatic rings. The Morgan fingerprint density at radius 2 is 1.08 bits per heavy atom. The molecular formula is C20H43O2PS3. The van der Waals surface area contributed by atoms with Gasteiger partial charge in [0, 0.05) is 5.75 Å². The van der Waals surface area contributed by atoms with Gasteiger partial charge in [-0.2, -0.15) is 0 Å². The Morgan fingerprint density at radius 3 is 1.54 bits per heavy atom. The van der Waals surface area contributed by atoms with Crippen molar-refractivity contribution in [2.24, 2.45) is 0 Å². The Morgan fingerprint density at radius 1 is 0.692 bits per heavy atom. The van der Waals surface area contributed by atoms with Crippen molar-refractivity contribution in [2.75, 3.05) is 12.4 Å². The first-order chi connectivity index (χ1) is 12.5. The monoisotopic (exact) mass is 442 g/mol. The van der Waals surface area contributed by atoms with E-state index in [4.69, 9.17) is 27.5 Å². The van der Waals surface area contributed by atoms with Crippen LogP contribution >= 0.6 is 5.69 Å². The first-order valence-electron chi connectivity index (χ1n) is 10.9. The molecule has 0 saturated heterocycles. The van der Waals surface area contributed by atoms with Gasteiger partial charge in [-0.3, -0.25) is 0 Å². The minimum atomic E-state index is -2.75. The molecule has 0 amide bonds. The van der Waals surface area contributed by atoms with E-state index in [-0.39, 0.29) is 0 Å². The van der Waals surface area contributed by atoms with Crippen molar-refractivity contribution >= 4 is 37.8 Å². The first kappa shape index (κ1) is 27.1. The van der Waals surface area contributed by atoms with E-state index in [0.29, 0.717) is 6.61 Å². The average molecular weight is 443 g/mol. The molecule has 1 N–H and O–H groups in total. The van der Waals surface area contributed by atoms with E-state index in [0.717, 1.165) is 18.6 Å². The number of hydrogen-bond acceptors (Lipinski definition) is 3. The molecular weight excluding hydrogens is 399 g/mol. The Labute approximate surface area is 175 Å². The molecule has 0 saturated carbocycles. The fourth-order valence-corrected chi connectivity index (χ4v) is 7.40. The Balaban J connectivity index is 3.56. The zero-order valence-corrected chi connectivity index (χ0v) is 20.6. The minimum Gasteiger partial charge on any atom is -0.337 e. The van der Waals surface area contributed by atoms with Crippen LogP contribution in [0.15, 0.2) is 0 Å². The molecule has 2 unspecified atom stereocenters. The van der Waals surface area contributed by atoms with Crippen LogP contribution in [0.3, 0.4) is 0 Å². The van der Waals surface area contributed by atoms with Crippen LogP contribution in [0.4, 0.5) is 0 Å². The highest BCUT2D eigenvalue weighted by atomic mass is 33.2. The molecule has 0 fully saturated rings. The maximum atomic E-state index is 10.4. The predicted octanol–water partition coefficient (Wildman–Crippen LogP) is 7.58. The molecule has 2 atom stereocenters. The largest absolute Gasteiger partial charge is 0.337 e. The SMILES string of the molecule is CCCCCCCCCCOP(O)(=S)S(=S)CCCCCCCCCC. The second-order valence-electron chi connectivity index (χ2n) is 7.28. The number of hydrogen-bond donors (Lipinski definition) is 1. The lowest BCUT2D eigenvalue weighted by atomic mass is 10.1. The molecule has 0 bridgehead atoms. The van der Waals surface area contributed by atoms with E-state index >= 15 is 0 Å². The Kier molecular flexibility index (Phi) is 20.3. The predicted molar refractivity (Wildman–Crippen MR) is 127 cm³/mol. The summed E-state index contributed by atoms with van der Waals surface area (Å²) in [6, 6.07) is 0. The van der Waals surface area contributed by atoms with Gasteiger partial charge >= 0.3 is 0 Å². The third-order valence-corrected chi connectivity index (χ3v) is 13.9. The van der Waals surface area contributed by atoms with Gasteiger partial charge in [-0.1, -0.05) is 104 Å². The van der Waals surface area contributed by atoms with Crippen molar-refractivity contribution in [2.45, 2.75) is 117 Å². The molecule has 0 aromatic heterocycles. The lowest BCUT2D eigenvalue weighted by molar-refractivity contribution is 0.307. The van der Waals surface area contributed by atoms with E-state index in [1.165, 1.54) is 89.9 Å². The second-order valence-corrected chi connectivity index (χ2v) is 16.5. The molecule has 0 rings (SSSR count). The van der Waals surface area contributed by atoms with Gasteiger partial charge in [0.25, 0.3) is 0 Å². The van der Waals surface area contributed by atoms with Crippen LogP contribution in [0.2, 0.25) is 0 Å². The van der Waals surface area contributed by atoms with E-state index in [1.807, 2.05) is 0 Å². The van der Waals surface area contributed by atoms with E-state index in [1.54, 1.807) is 0 Å². The standard InChI is InChI=1S/C20H43O2PS3/c1-3-5-7-9-11-13-15-17-19-22-23(21,24)26(25)20-18-16-14-12-10-8-6-4-2/h3-20H2,1-2H3,(H,21,24).